The van der Waals surface area contributed by atoms with Crippen LogP contribution in [0, 0.1) is 0 Å². The second-order valence-electron chi connectivity index (χ2n) is 7.33. The second kappa shape index (κ2) is 5.90. The molecule has 1 spiro atoms. The van der Waals surface area contributed by atoms with E-state index in [4.69, 9.17) is 9.15 Å². The second-order valence-corrected chi connectivity index (χ2v) is 7.33. The highest BCUT2D eigenvalue weighted by Crippen LogP contribution is 2.32. The Labute approximate surface area is 158 Å². The number of ether oxygens (including phenoxy) is 1. The lowest BCUT2D eigenvalue weighted by Gasteiger charge is -2.33. The van der Waals surface area contributed by atoms with Crippen LogP contribution in [0.4, 0.5) is 0 Å². The molecule has 1 unspecified atom stereocenters. The molecule has 9 nitrogen and oxygen atoms in total. The molecular weight excluding hydrogens is 364 g/mol. The first-order valence-electron chi connectivity index (χ1n) is 9.05. The number of fused-ring (bicyclic) bond motifs is 2. The minimum atomic E-state index is -0.632. The quantitative estimate of drug-likeness (QED) is 0.608. The van der Waals surface area contributed by atoms with Gasteiger partial charge in [-0.05, 0) is 18.6 Å². The summed E-state index contributed by atoms with van der Waals surface area (Å²) in [6, 6.07) is 8.07. The number of amides is 1. The maximum absolute atomic E-state index is 12.9. The number of carbonyl (C=O) groups is 1. The van der Waals surface area contributed by atoms with E-state index in [9.17, 15) is 14.4 Å². The molecule has 5 rings (SSSR count). The number of para-hydroxylation sites is 1. The average molecular weight is 382 g/mol. The van der Waals surface area contributed by atoms with Crippen LogP contribution in [0.5, 0.6) is 0 Å². The van der Waals surface area contributed by atoms with Gasteiger partial charge in [-0.2, -0.15) is 5.10 Å². The van der Waals surface area contributed by atoms with E-state index in [1.807, 2.05) is 0 Å². The van der Waals surface area contributed by atoms with Crippen LogP contribution in [0.25, 0.3) is 11.0 Å². The predicted octanol–water partition coefficient (Wildman–Crippen LogP) is 0.503. The number of hydrogen-bond donors (Lipinski definition) is 0. The van der Waals surface area contributed by atoms with E-state index in [1.54, 1.807) is 40.8 Å². The summed E-state index contributed by atoms with van der Waals surface area (Å²) in [5, 5.41) is 4.60. The smallest absolute Gasteiger partial charge is 0.345 e. The molecule has 1 amide bonds. The summed E-state index contributed by atoms with van der Waals surface area (Å²) in [6.07, 6.45) is 0.595. The Hall–Kier alpha value is -3.20. The van der Waals surface area contributed by atoms with Gasteiger partial charge in [0.25, 0.3) is 5.91 Å². The van der Waals surface area contributed by atoms with E-state index in [0.29, 0.717) is 42.8 Å². The first kappa shape index (κ1) is 16.9. The molecule has 0 aliphatic carbocycles. The van der Waals surface area contributed by atoms with Crippen LogP contribution in [-0.2, 0) is 24.9 Å². The van der Waals surface area contributed by atoms with Gasteiger partial charge in [0.05, 0.1) is 18.5 Å². The van der Waals surface area contributed by atoms with Crippen LogP contribution >= 0.6 is 0 Å². The summed E-state index contributed by atoms with van der Waals surface area (Å²) in [5.41, 5.74) is -0.692. The molecular formula is C19H18N4O5. The van der Waals surface area contributed by atoms with Gasteiger partial charge < -0.3 is 14.1 Å². The summed E-state index contributed by atoms with van der Waals surface area (Å²) in [5.74, 6) is 0.242. The van der Waals surface area contributed by atoms with Crippen molar-refractivity contribution in [2.45, 2.75) is 25.2 Å². The lowest BCUT2D eigenvalue weighted by molar-refractivity contribution is -0.0816. The van der Waals surface area contributed by atoms with Crippen LogP contribution in [0.3, 0.4) is 0 Å². The minimum Gasteiger partial charge on any atom is -0.451 e. The third-order valence-corrected chi connectivity index (χ3v) is 5.49. The molecule has 28 heavy (non-hydrogen) atoms. The Morgan fingerprint density at radius 3 is 2.89 bits per heavy atom. The molecule has 2 aliphatic heterocycles. The Morgan fingerprint density at radius 1 is 1.21 bits per heavy atom. The van der Waals surface area contributed by atoms with E-state index < -0.39 is 5.60 Å². The van der Waals surface area contributed by atoms with Gasteiger partial charge in [-0.15, -0.1) is 0 Å². The zero-order valence-electron chi connectivity index (χ0n) is 15.3. The van der Waals surface area contributed by atoms with E-state index in [1.165, 1.54) is 10.7 Å². The zero-order chi connectivity index (χ0) is 19.5. The number of rotatable bonds is 1. The highest BCUT2D eigenvalue weighted by molar-refractivity contribution is 5.93. The summed E-state index contributed by atoms with van der Waals surface area (Å²) in [7, 11) is 1.60. The third-order valence-electron chi connectivity index (χ3n) is 5.49. The lowest BCUT2D eigenvalue weighted by atomic mass is 10.0. The Bertz CT molecular complexity index is 1220. The van der Waals surface area contributed by atoms with Gasteiger partial charge in [0.2, 0.25) is 0 Å². The van der Waals surface area contributed by atoms with Crippen molar-refractivity contribution in [2.75, 3.05) is 13.1 Å². The van der Waals surface area contributed by atoms with Crippen molar-refractivity contribution >= 4 is 16.9 Å². The fourth-order valence-corrected chi connectivity index (χ4v) is 4.00. The molecule has 2 aliphatic rings. The number of nitrogens with zero attached hydrogens (tertiary/aromatic N) is 4. The maximum Gasteiger partial charge on any atom is 0.345 e. The monoisotopic (exact) mass is 382 g/mol. The molecule has 0 radical (unpaired) electrons. The Kier molecular flexibility index (Phi) is 3.57. The predicted molar refractivity (Wildman–Crippen MR) is 98.0 cm³/mol. The summed E-state index contributed by atoms with van der Waals surface area (Å²) >= 11 is 0. The fraction of sp³-hybridized carbons (Fsp3) is 0.368. The van der Waals surface area contributed by atoms with Gasteiger partial charge in [-0.3, -0.25) is 14.2 Å². The highest BCUT2D eigenvalue weighted by atomic mass is 16.5. The van der Waals surface area contributed by atoms with Gasteiger partial charge in [-0.1, -0.05) is 12.1 Å². The van der Waals surface area contributed by atoms with Gasteiger partial charge in [0.15, 0.2) is 17.0 Å². The first-order chi connectivity index (χ1) is 13.5. The van der Waals surface area contributed by atoms with Gasteiger partial charge >= 0.3 is 5.69 Å². The van der Waals surface area contributed by atoms with Crippen molar-refractivity contribution in [3.8, 4) is 0 Å². The van der Waals surface area contributed by atoms with Gasteiger partial charge in [0, 0.05) is 19.7 Å². The number of aromatic nitrogens is 3. The molecule has 4 heterocycles. The van der Waals surface area contributed by atoms with Crippen LogP contribution in [0.1, 0.15) is 22.8 Å². The van der Waals surface area contributed by atoms with Crippen molar-refractivity contribution in [3.05, 3.63) is 62.6 Å². The fourth-order valence-electron chi connectivity index (χ4n) is 4.00. The maximum atomic E-state index is 12.9. The highest BCUT2D eigenvalue weighted by Gasteiger charge is 2.45. The Morgan fingerprint density at radius 2 is 2.04 bits per heavy atom. The SMILES string of the molecule is Cn1nc2n(c1=O)CC1(CCN(C(=O)c3cc(=O)c4ccccc4o3)C1)OC2. The van der Waals surface area contributed by atoms with Gasteiger partial charge in [0.1, 0.15) is 17.8 Å². The number of benzene rings is 1. The van der Waals surface area contributed by atoms with Crippen molar-refractivity contribution in [1.29, 1.82) is 0 Å². The summed E-state index contributed by atoms with van der Waals surface area (Å²) < 4.78 is 14.6. The van der Waals surface area contributed by atoms with E-state index in [0.717, 1.165) is 0 Å². The first-order valence-corrected chi connectivity index (χ1v) is 9.05. The molecule has 0 bridgehead atoms. The van der Waals surface area contributed by atoms with E-state index >= 15 is 0 Å². The Balaban J connectivity index is 1.42. The van der Waals surface area contributed by atoms with Crippen molar-refractivity contribution < 1.29 is 13.9 Å². The van der Waals surface area contributed by atoms with Crippen molar-refractivity contribution in [3.63, 3.8) is 0 Å². The molecule has 1 atom stereocenters. The standard InChI is InChI=1S/C19H18N4O5/c1-21-18(26)23-11-19(27-9-16(23)20-21)6-7-22(10-19)17(25)15-8-13(24)12-4-2-3-5-14(12)28-15/h2-5,8H,6-7,9-11H2,1H3. The molecule has 0 saturated carbocycles. The largest absolute Gasteiger partial charge is 0.451 e. The molecule has 3 aromatic rings. The van der Waals surface area contributed by atoms with Gasteiger partial charge in [-0.25, -0.2) is 9.48 Å². The number of carbonyl (C=O) groups excluding carboxylic acids is 1. The lowest BCUT2D eigenvalue weighted by Crippen LogP contribution is -2.47. The molecule has 2 aromatic heterocycles. The number of aryl methyl sites for hydroxylation is 1. The topological polar surface area (TPSA) is 99.6 Å². The molecule has 1 aromatic carbocycles. The average Bonchev–Trinajstić information content (AvgIpc) is 3.23. The number of hydrogen-bond acceptors (Lipinski definition) is 6. The molecule has 9 heteroatoms. The third kappa shape index (κ3) is 2.50. The van der Waals surface area contributed by atoms with Crippen LogP contribution in [0.15, 0.2) is 44.3 Å². The van der Waals surface area contributed by atoms with E-state index in [-0.39, 0.29) is 29.4 Å². The van der Waals surface area contributed by atoms with Crippen LogP contribution in [0.2, 0.25) is 0 Å². The zero-order valence-corrected chi connectivity index (χ0v) is 15.3. The van der Waals surface area contributed by atoms with Crippen molar-refractivity contribution in [1.82, 2.24) is 19.2 Å². The molecule has 1 saturated heterocycles. The molecule has 144 valence electrons. The van der Waals surface area contributed by atoms with E-state index in [2.05, 4.69) is 5.10 Å². The molecule has 0 N–H and O–H groups in total. The number of likely N-dealkylation sites (tertiary alicyclic amines) is 1. The summed E-state index contributed by atoms with van der Waals surface area (Å²) in [4.78, 5) is 39.1. The minimum absolute atomic E-state index is 0.00999. The normalized spacial score (nSPS) is 21.4. The van der Waals surface area contributed by atoms with Crippen molar-refractivity contribution in [2.24, 2.45) is 7.05 Å². The van der Waals surface area contributed by atoms with Crippen LogP contribution < -0.4 is 11.1 Å². The summed E-state index contributed by atoms with van der Waals surface area (Å²) in [6.45, 7) is 1.35. The van der Waals surface area contributed by atoms with Crippen LogP contribution in [-0.4, -0.2) is 43.8 Å². The molecule has 1 fully saturated rings.